The van der Waals surface area contributed by atoms with Crippen molar-refractivity contribution in [3.05, 3.63) is 65.5 Å². The van der Waals surface area contributed by atoms with Crippen LogP contribution in [-0.4, -0.2) is 33.5 Å². The molecule has 2 fully saturated rings. The molecule has 0 spiro atoms. The third-order valence-corrected chi connectivity index (χ3v) is 6.13. The molecule has 1 saturated heterocycles. The Morgan fingerprint density at radius 1 is 1.19 bits per heavy atom. The van der Waals surface area contributed by atoms with E-state index >= 15 is 0 Å². The third-order valence-electron chi connectivity index (χ3n) is 6.13. The molecule has 26 heavy (non-hydrogen) atoms. The van der Waals surface area contributed by atoms with Gasteiger partial charge in [-0.05, 0) is 43.4 Å². The van der Waals surface area contributed by atoms with Crippen LogP contribution < -0.4 is 0 Å². The summed E-state index contributed by atoms with van der Waals surface area (Å²) in [5, 5.41) is 11.6. The number of nitrogens with zero attached hydrogens (tertiary/aromatic N) is 2. The van der Waals surface area contributed by atoms with E-state index in [-0.39, 0.29) is 17.9 Å². The molecule has 1 aromatic carbocycles. The Bertz CT molecular complexity index is 792. The normalized spacial score (nSPS) is 28.5. The van der Waals surface area contributed by atoms with Crippen LogP contribution in [0.25, 0.3) is 0 Å². The van der Waals surface area contributed by atoms with Gasteiger partial charge in [-0.3, -0.25) is 9.78 Å². The molecule has 4 heteroatoms. The highest BCUT2D eigenvalue weighted by atomic mass is 16.3. The molecule has 4 rings (SSSR count). The summed E-state index contributed by atoms with van der Waals surface area (Å²) in [5.41, 5.74) is 1.79. The first-order valence-electron chi connectivity index (χ1n) is 9.60. The topological polar surface area (TPSA) is 53.4 Å². The SMILES string of the molecule is Cc1cncc(C(=O)N2CCC(O)(c3ccccc3)[C@@H]3CCCC[C@@H]32)c1. The highest BCUT2D eigenvalue weighted by molar-refractivity contribution is 5.94. The minimum atomic E-state index is -0.839. The highest BCUT2D eigenvalue weighted by Crippen LogP contribution is 2.47. The Kier molecular flexibility index (Phi) is 4.53. The van der Waals surface area contributed by atoms with Crippen LogP contribution in [0.2, 0.25) is 0 Å². The minimum absolute atomic E-state index is 0.0493. The van der Waals surface area contributed by atoms with Crippen molar-refractivity contribution >= 4 is 5.91 Å². The molecule has 1 aliphatic carbocycles. The van der Waals surface area contributed by atoms with E-state index in [9.17, 15) is 9.90 Å². The summed E-state index contributed by atoms with van der Waals surface area (Å²) in [5.74, 6) is 0.141. The first kappa shape index (κ1) is 17.2. The van der Waals surface area contributed by atoms with Crippen molar-refractivity contribution in [2.24, 2.45) is 5.92 Å². The van der Waals surface area contributed by atoms with Gasteiger partial charge in [0.05, 0.1) is 11.2 Å². The molecule has 2 heterocycles. The van der Waals surface area contributed by atoms with E-state index in [1.54, 1.807) is 12.4 Å². The number of likely N-dealkylation sites (tertiary alicyclic amines) is 1. The number of amides is 1. The van der Waals surface area contributed by atoms with Crippen LogP contribution in [0.3, 0.4) is 0 Å². The lowest BCUT2D eigenvalue weighted by atomic mass is 9.66. The monoisotopic (exact) mass is 350 g/mol. The maximum absolute atomic E-state index is 13.2. The molecule has 2 aliphatic rings. The van der Waals surface area contributed by atoms with Gasteiger partial charge in [0.15, 0.2) is 0 Å². The molecule has 1 aromatic heterocycles. The summed E-state index contributed by atoms with van der Waals surface area (Å²) < 4.78 is 0. The molecule has 1 unspecified atom stereocenters. The maximum atomic E-state index is 13.2. The number of hydrogen-bond acceptors (Lipinski definition) is 3. The fourth-order valence-corrected chi connectivity index (χ4v) is 4.86. The van der Waals surface area contributed by atoms with Crippen LogP contribution in [0.1, 0.15) is 53.6 Å². The van der Waals surface area contributed by atoms with Crippen LogP contribution >= 0.6 is 0 Å². The van der Waals surface area contributed by atoms with Gasteiger partial charge in [-0.1, -0.05) is 43.2 Å². The summed E-state index contributed by atoms with van der Waals surface area (Å²) in [7, 11) is 0. The number of fused-ring (bicyclic) bond motifs is 1. The van der Waals surface area contributed by atoms with Crippen molar-refractivity contribution in [3.63, 3.8) is 0 Å². The average Bonchev–Trinajstić information content (AvgIpc) is 2.69. The first-order chi connectivity index (χ1) is 12.6. The van der Waals surface area contributed by atoms with Gasteiger partial charge in [-0.15, -0.1) is 0 Å². The molecule has 0 radical (unpaired) electrons. The molecule has 1 saturated carbocycles. The first-order valence-corrected chi connectivity index (χ1v) is 9.60. The number of aliphatic hydroxyl groups is 1. The van der Waals surface area contributed by atoms with Gasteiger partial charge < -0.3 is 10.0 Å². The van der Waals surface area contributed by atoms with E-state index < -0.39 is 5.60 Å². The Morgan fingerprint density at radius 3 is 2.73 bits per heavy atom. The molecule has 3 atom stereocenters. The zero-order chi connectivity index (χ0) is 18.1. The molecule has 4 nitrogen and oxygen atoms in total. The molecule has 1 N–H and O–H groups in total. The van der Waals surface area contributed by atoms with Crippen LogP contribution in [0.15, 0.2) is 48.8 Å². The van der Waals surface area contributed by atoms with Crippen molar-refractivity contribution in [1.29, 1.82) is 0 Å². The molecule has 2 aromatic rings. The summed E-state index contributed by atoms with van der Waals surface area (Å²) >= 11 is 0. The molecule has 136 valence electrons. The fraction of sp³-hybridized carbons (Fsp3) is 0.455. The molecule has 1 aliphatic heterocycles. The summed E-state index contributed by atoms with van der Waals surface area (Å²) in [6.45, 7) is 2.54. The number of carbonyl (C=O) groups is 1. The van der Waals surface area contributed by atoms with Gasteiger partial charge in [0.1, 0.15) is 0 Å². The highest BCUT2D eigenvalue weighted by Gasteiger charge is 2.50. The predicted octanol–water partition coefficient (Wildman–Crippen LogP) is 3.68. The lowest BCUT2D eigenvalue weighted by molar-refractivity contribution is -0.110. The second-order valence-electron chi connectivity index (χ2n) is 7.75. The Morgan fingerprint density at radius 2 is 1.96 bits per heavy atom. The largest absolute Gasteiger partial charge is 0.385 e. The van der Waals surface area contributed by atoms with Gasteiger partial charge >= 0.3 is 0 Å². The van der Waals surface area contributed by atoms with Crippen LogP contribution in [0, 0.1) is 12.8 Å². The number of hydrogen-bond donors (Lipinski definition) is 1. The van der Waals surface area contributed by atoms with Gasteiger partial charge in [-0.25, -0.2) is 0 Å². The lowest BCUT2D eigenvalue weighted by Crippen LogP contribution is -2.59. The number of aromatic nitrogens is 1. The van der Waals surface area contributed by atoms with Crippen molar-refractivity contribution in [2.45, 2.75) is 50.7 Å². The second-order valence-corrected chi connectivity index (χ2v) is 7.75. The zero-order valence-corrected chi connectivity index (χ0v) is 15.3. The van der Waals surface area contributed by atoms with E-state index in [4.69, 9.17) is 0 Å². The minimum Gasteiger partial charge on any atom is -0.385 e. The number of carbonyl (C=O) groups excluding carboxylic acids is 1. The summed E-state index contributed by atoms with van der Waals surface area (Å²) in [6, 6.07) is 12.0. The summed E-state index contributed by atoms with van der Waals surface area (Å²) in [6.07, 6.45) is 8.17. The standard InChI is InChI=1S/C22H26N2O2/c1-16-13-17(15-23-14-16)21(25)24-12-11-22(26,18-7-3-2-4-8-18)19-9-5-6-10-20(19)24/h2-4,7-8,13-15,19-20,26H,5-6,9-12H2,1H3/t19-,20+,22?/m1/s1. The molecular formula is C22H26N2O2. The quantitative estimate of drug-likeness (QED) is 0.899. The van der Waals surface area contributed by atoms with Gasteiger partial charge in [-0.2, -0.15) is 0 Å². The van der Waals surface area contributed by atoms with E-state index in [0.717, 1.165) is 36.8 Å². The van der Waals surface area contributed by atoms with E-state index in [2.05, 4.69) is 4.98 Å². The van der Waals surface area contributed by atoms with Crippen LogP contribution in [0.4, 0.5) is 0 Å². The lowest BCUT2D eigenvalue weighted by Gasteiger charge is -2.52. The Labute approximate surface area is 154 Å². The van der Waals surface area contributed by atoms with Crippen LogP contribution in [-0.2, 0) is 5.60 Å². The van der Waals surface area contributed by atoms with Crippen molar-refractivity contribution < 1.29 is 9.90 Å². The number of pyridine rings is 1. The average molecular weight is 350 g/mol. The summed E-state index contributed by atoms with van der Waals surface area (Å²) in [4.78, 5) is 19.3. The molecule has 0 bridgehead atoms. The van der Waals surface area contributed by atoms with Crippen molar-refractivity contribution in [1.82, 2.24) is 9.88 Å². The van der Waals surface area contributed by atoms with Gasteiger partial charge in [0.2, 0.25) is 0 Å². The maximum Gasteiger partial charge on any atom is 0.255 e. The van der Waals surface area contributed by atoms with Crippen molar-refractivity contribution in [3.8, 4) is 0 Å². The fourth-order valence-electron chi connectivity index (χ4n) is 4.86. The Hall–Kier alpha value is -2.20. The van der Waals surface area contributed by atoms with Gasteiger partial charge in [0, 0.05) is 30.9 Å². The second kappa shape index (κ2) is 6.84. The molecule has 1 amide bonds. The third kappa shape index (κ3) is 2.92. The van der Waals surface area contributed by atoms with E-state index in [1.807, 2.05) is 48.2 Å². The number of piperidine rings is 1. The Balaban J connectivity index is 1.66. The zero-order valence-electron chi connectivity index (χ0n) is 15.3. The van der Waals surface area contributed by atoms with E-state index in [0.29, 0.717) is 18.5 Å². The number of aryl methyl sites for hydroxylation is 1. The smallest absolute Gasteiger partial charge is 0.255 e. The van der Waals surface area contributed by atoms with Crippen LogP contribution in [0.5, 0.6) is 0 Å². The van der Waals surface area contributed by atoms with Crippen molar-refractivity contribution in [2.75, 3.05) is 6.54 Å². The van der Waals surface area contributed by atoms with E-state index in [1.165, 1.54) is 0 Å². The predicted molar refractivity (Wildman–Crippen MR) is 101 cm³/mol. The molecular weight excluding hydrogens is 324 g/mol. The van der Waals surface area contributed by atoms with Gasteiger partial charge in [0.25, 0.3) is 5.91 Å². The number of rotatable bonds is 2. The number of benzene rings is 1.